The Labute approximate surface area is 167 Å². The highest BCUT2D eigenvalue weighted by molar-refractivity contribution is 5.86. The van der Waals surface area contributed by atoms with Gasteiger partial charge < -0.3 is 14.9 Å². The topological polar surface area (TPSA) is 83.8 Å². The number of ether oxygens (including phenoxy) is 1. The molecule has 0 radical (unpaired) electrons. The molecule has 4 rings (SSSR count). The zero-order chi connectivity index (χ0) is 20.1. The quantitative estimate of drug-likeness (QED) is 0.569. The third-order valence-electron chi connectivity index (χ3n) is 8.84. The second-order valence-corrected chi connectivity index (χ2v) is 9.96. The Balaban J connectivity index is 1.56. The van der Waals surface area contributed by atoms with Gasteiger partial charge in [0.25, 0.3) is 0 Å². The number of rotatable bonds is 4. The highest BCUT2D eigenvalue weighted by Crippen LogP contribution is 2.65. The lowest BCUT2D eigenvalue weighted by molar-refractivity contribution is -0.148. The molecule has 156 valence electrons. The normalized spacial score (nSPS) is 44.7. The molecule has 2 N–H and O–H groups in total. The number of aliphatic hydroxyl groups is 2. The first-order chi connectivity index (χ1) is 13.3. The van der Waals surface area contributed by atoms with Gasteiger partial charge in [0.2, 0.25) is 0 Å². The fourth-order valence-electron chi connectivity index (χ4n) is 7.43. The lowest BCUT2D eigenvalue weighted by Crippen LogP contribution is -2.55. The predicted molar refractivity (Wildman–Crippen MR) is 104 cm³/mol. The average Bonchev–Trinajstić information content (AvgIpc) is 3.03. The molecule has 0 spiro atoms. The van der Waals surface area contributed by atoms with Crippen LogP contribution < -0.4 is 0 Å². The van der Waals surface area contributed by atoms with Gasteiger partial charge in [-0.3, -0.25) is 9.59 Å². The van der Waals surface area contributed by atoms with Crippen molar-refractivity contribution in [2.45, 2.75) is 71.3 Å². The first-order valence-electron chi connectivity index (χ1n) is 11.0. The molecule has 3 saturated carbocycles. The highest BCUT2D eigenvalue weighted by Gasteiger charge is 2.59. The Kier molecular flexibility index (Phi) is 5.20. The summed E-state index contributed by atoms with van der Waals surface area (Å²) in [6, 6.07) is 0. The van der Waals surface area contributed by atoms with Crippen LogP contribution in [-0.2, 0) is 14.3 Å². The standard InChI is InChI=1S/C23H34O5/c1-14(25)28-12-21(27)20-6-5-18-17-4-3-15-11-16(26)7-10-23(15,13-24)19(17)8-9-22(18,20)2/h5,15-17,19-20,24,26H,3-4,6-13H2,1-2H3/t15?,16?,17-,19-,20+,22-,23+/m0/s1. The SMILES string of the molecule is CC(=O)OCC(=O)[C@H]1CC=C2[C@@H]3CCC4CC(O)CC[C@]4(CO)[C@H]3CC[C@@]21C. The van der Waals surface area contributed by atoms with E-state index in [1.165, 1.54) is 12.5 Å². The Bertz CT molecular complexity index is 684. The van der Waals surface area contributed by atoms with Crippen LogP contribution >= 0.6 is 0 Å². The fourth-order valence-corrected chi connectivity index (χ4v) is 7.43. The summed E-state index contributed by atoms with van der Waals surface area (Å²) in [6.45, 7) is 3.66. The number of hydrogen-bond donors (Lipinski definition) is 2. The van der Waals surface area contributed by atoms with Crippen molar-refractivity contribution in [3.8, 4) is 0 Å². The Hall–Kier alpha value is -1.20. The number of allylic oxidation sites excluding steroid dienone is 2. The number of aliphatic hydroxyl groups excluding tert-OH is 2. The largest absolute Gasteiger partial charge is 0.458 e. The number of ketones is 1. The first kappa shape index (κ1) is 20.1. The summed E-state index contributed by atoms with van der Waals surface area (Å²) in [4.78, 5) is 23.9. The van der Waals surface area contributed by atoms with E-state index in [9.17, 15) is 19.8 Å². The van der Waals surface area contributed by atoms with E-state index >= 15 is 0 Å². The van der Waals surface area contributed by atoms with E-state index in [1.807, 2.05) is 0 Å². The van der Waals surface area contributed by atoms with Gasteiger partial charge in [-0.15, -0.1) is 0 Å². The zero-order valence-corrected chi connectivity index (χ0v) is 17.2. The molecule has 0 heterocycles. The van der Waals surface area contributed by atoms with Crippen LogP contribution in [0.15, 0.2) is 11.6 Å². The highest BCUT2D eigenvalue weighted by atomic mass is 16.5. The number of esters is 1. The molecule has 3 fully saturated rings. The zero-order valence-electron chi connectivity index (χ0n) is 17.2. The van der Waals surface area contributed by atoms with Crippen LogP contribution in [0.1, 0.15) is 65.2 Å². The molecule has 0 aromatic carbocycles. The van der Waals surface area contributed by atoms with Crippen molar-refractivity contribution < 1.29 is 24.5 Å². The average molecular weight is 391 g/mol. The van der Waals surface area contributed by atoms with E-state index in [0.717, 1.165) is 51.4 Å². The van der Waals surface area contributed by atoms with E-state index in [1.54, 1.807) is 0 Å². The van der Waals surface area contributed by atoms with Gasteiger partial charge in [-0.05, 0) is 80.0 Å². The second-order valence-electron chi connectivity index (χ2n) is 9.96. The molecule has 7 atom stereocenters. The van der Waals surface area contributed by atoms with E-state index in [4.69, 9.17) is 4.74 Å². The smallest absolute Gasteiger partial charge is 0.303 e. The van der Waals surface area contributed by atoms with Crippen LogP contribution in [-0.4, -0.2) is 41.3 Å². The van der Waals surface area contributed by atoms with Crippen molar-refractivity contribution in [3.63, 3.8) is 0 Å². The lowest BCUT2D eigenvalue weighted by Gasteiger charge is -2.60. The summed E-state index contributed by atoms with van der Waals surface area (Å²) >= 11 is 0. The molecule has 2 unspecified atom stereocenters. The van der Waals surface area contributed by atoms with Gasteiger partial charge in [0, 0.05) is 19.4 Å². The van der Waals surface area contributed by atoms with Crippen molar-refractivity contribution in [2.75, 3.05) is 13.2 Å². The molecule has 0 aliphatic heterocycles. The van der Waals surface area contributed by atoms with Crippen LogP contribution in [0.3, 0.4) is 0 Å². The van der Waals surface area contributed by atoms with E-state index < -0.39 is 5.97 Å². The Morgan fingerprint density at radius 1 is 1.21 bits per heavy atom. The van der Waals surface area contributed by atoms with Gasteiger partial charge in [-0.1, -0.05) is 18.6 Å². The summed E-state index contributed by atoms with van der Waals surface area (Å²) in [5.41, 5.74) is 1.21. The van der Waals surface area contributed by atoms with E-state index in [0.29, 0.717) is 17.8 Å². The predicted octanol–water partition coefficient (Wildman–Crippen LogP) is 3.03. The number of Topliss-reactive ketones (excluding diaryl/α,β-unsaturated/α-hetero) is 1. The number of carbonyl (C=O) groups is 2. The third-order valence-corrected chi connectivity index (χ3v) is 8.84. The molecule has 0 saturated heterocycles. The first-order valence-corrected chi connectivity index (χ1v) is 11.0. The maximum Gasteiger partial charge on any atom is 0.303 e. The van der Waals surface area contributed by atoms with Gasteiger partial charge in [0.15, 0.2) is 5.78 Å². The second kappa shape index (κ2) is 7.24. The number of hydrogen-bond acceptors (Lipinski definition) is 5. The van der Waals surface area contributed by atoms with Crippen LogP contribution in [0.25, 0.3) is 0 Å². The van der Waals surface area contributed by atoms with Crippen LogP contribution in [0.5, 0.6) is 0 Å². The monoisotopic (exact) mass is 390 g/mol. The Morgan fingerprint density at radius 2 is 2.00 bits per heavy atom. The molecule has 0 bridgehead atoms. The van der Waals surface area contributed by atoms with Crippen molar-refractivity contribution in [1.82, 2.24) is 0 Å². The molecule has 28 heavy (non-hydrogen) atoms. The van der Waals surface area contributed by atoms with E-state index in [2.05, 4.69) is 13.0 Å². The number of carbonyl (C=O) groups excluding carboxylic acids is 2. The van der Waals surface area contributed by atoms with Crippen molar-refractivity contribution >= 4 is 11.8 Å². The molecule has 0 aromatic rings. The van der Waals surface area contributed by atoms with Gasteiger partial charge in [-0.25, -0.2) is 0 Å². The van der Waals surface area contributed by atoms with Gasteiger partial charge >= 0.3 is 5.97 Å². The summed E-state index contributed by atoms with van der Waals surface area (Å²) in [5, 5.41) is 20.6. The summed E-state index contributed by atoms with van der Waals surface area (Å²) < 4.78 is 4.99. The summed E-state index contributed by atoms with van der Waals surface area (Å²) in [7, 11) is 0. The molecular weight excluding hydrogens is 356 g/mol. The van der Waals surface area contributed by atoms with Gasteiger partial charge in [0.1, 0.15) is 6.61 Å². The number of fused-ring (bicyclic) bond motifs is 5. The maximum absolute atomic E-state index is 12.8. The summed E-state index contributed by atoms with van der Waals surface area (Å²) in [5.74, 6) is 0.827. The Morgan fingerprint density at radius 3 is 2.71 bits per heavy atom. The fraction of sp³-hybridized carbons (Fsp3) is 0.826. The third kappa shape index (κ3) is 2.97. The molecule has 0 amide bonds. The van der Waals surface area contributed by atoms with Crippen LogP contribution in [0, 0.1) is 34.5 Å². The molecule has 5 nitrogen and oxygen atoms in total. The van der Waals surface area contributed by atoms with Crippen molar-refractivity contribution in [3.05, 3.63) is 11.6 Å². The molecular formula is C23H34O5. The van der Waals surface area contributed by atoms with Gasteiger partial charge in [-0.2, -0.15) is 0 Å². The molecule has 5 heteroatoms. The van der Waals surface area contributed by atoms with E-state index in [-0.39, 0.29) is 41.8 Å². The summed E-state index contributed by atoms with van der Waals surface area (Å²) in [6.07, 6.45) is 9.47. The minimum Gasteiger partial charge on any atom is -0.458 e. The minimum atomic E-state index is -0.406. The maximum atomic E-state index is 12.8. The van der Waals surface area contributed by atoms with Crippen LogP contribution in [0.4, 0.5) is 0 Å². The molecule has 4 aliphatic rings. The van der Waals surface area contributed by atoms with Gasteiger partial charge in [0.05, 0.1) is 6.10 Å². The lowest BCUT2D eigenvalue weighted by atomic mass is 9.45. The molecule has 4 aliphatic carbocycles. The van der Waals surface area contributed by atoms with Crippen molar-refractivity contribution in [1.29, 1.82) is 0 Å². The molecule has 0 aromatic heterocycles. The minimum absolute atomic E-state index is 0.0359. The van der Waals surface area contributed by atoms with Crippen molar-refractivity contribution in [2.24, 2.45) is 34.5 Å². The van der Waals surface area contributed by atoms with Crippen LogP contribution in [0.2, 0.25) is 0 Å².